The van der Waals surface area contributed by atoms with Crippen molar-refractivity contribution < 1.29 is 28.9 Å². The maximum absolute atomic E-state index is 10.7. The first kappa shape index (κ1) is 13.1. The lowest BCUT2D eigenvalue weighted by atomic mass is 10.0. The molecule has 0 atom stereocenters. The van der Waals surface area contributed by atoms with Crippen LogP contribution in [0.15, 0.2) is 16.7 Å². The molecule has 0 saturated heterocycles. The van der Waals surface area contributed by atoms with Crippen molar-refractivity contribution >= 4 is 16.9 Å². The number of methoxy groups -OCH3 is 2. The van der Waals surface area contributed by atoms with Gasteiger partial charge < -0.3 is 24.1 Å². The molecule has 0 fully saturated rings. The van der Waals surface area contributed by atoms with Crippen molar-refractivity contribution in [3.05, 3.63) is 17.9 Å². The van der Waals surface area contributed by atoms with Crippen LogP contribution < -0.4 is 9.47 Å². The molecule has 19 heavy (non-hydrogen) atoms. The number of furan rings is 1. The number of hydrogen-bond acceptors (Lipinski definition) is 5. The van der Waals surface area contributed by atoms with Crippen molar-refractivity contribution in [2.45, 2.75) is 12.8 Å². The van der Waals surface area contributed by atoms with Gasteiger partial charge in [-0.2, -0.15) is 0 Å². The van der Waals surface area contributed by atoms with Crippen LogP contribution in [0.1, 0.15) is 12.0 Å². The molecule has 0 amide bonds. The molecule has 0 spiro atoms. The first-order valence-electron chi connectivity index (χ1n) is 5.65. The second-order valence-corrected chi connectivity index (χ2v) is 3.95. The van der Waals surface area contributed by atoms with Crippen molar-refractivity contribution in [1.82, 2.24) is 0 Å². The summed E-state index contributed by atoms with van der Waals surface area (Å²) in [5, 5.41) is 19.6. The molecule has 2 aromatic rings. The molecular weight excluding hydrogens is 252 g/mol. The number of benzene rings is 1. The monoisotopic (exact) mass is 266 g/mol. The highest BCUT2D eigenvalue weighted by molar-refractivity contribution is 5.93. The molecule has 102 valence electrons. The van der Waals surface area contributed by atoms with Crippen LogP contribution in [0.2, 0.25) is 0 Å². The first-order valence-corrected chi connectivity index (χ1v) is 5.65. The largest absolute Gasteiger partial charge is 0.504 e. The van der Waals surface area contributed by atoms with E-state index in [1.54, 1.807) is 6.07 Å². The smallest absolute Gasteiger partial charge is 0.303 e. The summed E-state index contributed by atoms with van der Waals surface area (Å²) >= 11 is 0. The molecule has 0 aliphatic rings. The number of aliphatic carboxylic acids is 1. The predicted molar refractivity (Wildman–Crippen MR) is 66.9 cm³/mol. The molecular formula is C13H14O6. The standard InChI is InChI=1S/C13H14O6/c1-17-11-7(3-4-9(14)15)10(16)13(18-2)12-8(11)5-6-19-12/h5-6,16H,3-4H2,1-2H3,(H,14,15). The number of hydrogen-bond donors (Lipinski definition) is 2. The van der Waals surface area contributed by atoms with Crippen LogP contribution in [0, 0.1) is 0 Å². The Bertz CT molecular complexity index is 613. The molecule has 0 saturated carbocycles. The molecule has 0 radical (unpaired) electrons. The van der Waals surface area contributed by atoms with Gasteiger partial charge >= 0.3 is 5.97 Å². The number of phenols is 1. The van der Waals surface area contributed by atoms with Gasteiger partial charge in [0.15, 0.2) is 11.3 Å². The molecule has 6 nitrogen and oxygen atoms in total. The van der Waals surface area contributed by atoms with Crippen molar-refractivity contribution in [1.29, 1.82) is 0 Å². The number of aromatic hydroxyl groups is 1. The number of fused-ring (bicyclic) bond motifs is 1. The van der Waals surface area contributed by atoms with Crippen molar-refractivity contribution in [3.63, 3.8) is 0 Å². The quantitative estimate of drug-likeness (QED) is 0.862. The van der Waals surface area contributed by atoms with Crippen LogP contribution in [-0.4, -0.2) is 30.4 Å². The molecule has 2 N–H and O–H groups in total. The number of carboxylic acid groups (broad SMARTS) is 1. The Morgan fingerprint density at radius 2 is 2.00 bits per heavy atom. The van der Waals surface area contributed by atoms with Gasteiger partial charge in [0.1, 0.15) is 5.75 Å². The van der Waals surface area contributed by atoms with Gasteiger partial charge in [-0.1, -0.05) is 0 Å². The van der Waals surface area contributed by atoms with Gasteiger partial charge in [0.05, 0.1) is 25.9 Å². The molecule has 1 aromatic heterocycles. The maximum Gasteiger partial charge on any atom is 0.303 e. The molecule has 0 aliphatic carbocycles. The SMILES string of the molecule is COc1c(CCC(=O)O)c(O)c(OC)c2occc12. The van der Waals surface area contributed by atoms with E-state index >= 15 is 0 Å². The number of carboxylic acids is 1. The summed E-state index contributed by atoms with van der Waals surface area (Å²) in [5.41, 5.74) is 0.770. The zero-order valence-electron chi connectivity index (χ0n) is 10.6. The zero-order chi connectivity index (χ0) is 14.0. The van der Waals surface area contributed by atoms with Crippen LogP contribution >= 0.6 is 0 Å². The topological polar surface area (TPSA) is 89.1 Å². The summed E-state index contributed by atoms with van der Waals surface area (Å²) < 4.78 is 15.6. The average Bonchev–Trinajstić information content (AvgIpc) is 2.84. The Kier molecular flexibility index (Phi) is 3.50. The highest BCUT2D eigenvalue weighted by Gasteiger charge is 2.22. The maximum atomic E-state index is 10.7. The van der Waals surface area contributed by atoms with E-state index in [2.05, 4.69) is 0 Å². The highest BCUT2D eigenvalue weighted by atomic mass is 16.5. The third-order valence-electron chi connectivity index (χ3n) is 2.89. The van der Waals surface area contributed by atoms with Gasteiger partial charge in [-0.3, -0.25) is 4.79 Å². The van der Waals surface area contributed by atoms with Gasteiger partial charge in [0.2, 0.25) is 5.75 Å². The summed E-state index contributed by atoms with van der Waals surface area (Å²) in [7, 11) is 2.86. The molecule has 0 bridgehead atoms. The van der Waals surface area contributed by atoms with E-state index < -0.39 is 5.97 Å². The molecule has 0 aliphatic heterocycles. The first-order chi connectivity index (χ1) is 9.10. The minimum atomic E-state index is -0.951. The van der Waals surface area contributed by atoms with Gasteiger partial charge in [0, 0.05) is 12.0 Å². The Labute approximate surface area is 109 Å². The number of phenolic OH excluding ortho intramolecular Hbond substituents is 1. The normalized spacial score (nSPS) is 10.6. The molecule has 0 unspecified atom stereocenters. The second kappa shape index (κ2) is 5.09. The third kappa shape index (κ3) is 2.16. The Balaban J connectivity index is 2.65. The Morgan fingerprint density at radius 3 is 2.58 bits per heavy atom. The van der Waals surface area contributed by atoms with Gasteiger partial charge in [-0.05, 0) is 12.5 Å². The van der Waals surface area contributed by atoms with Crippen LogP contribution in [0.4, 0.5) is 0 Å². The Morgan fingerprint density at radius 1 is 1.32 bits per heavy atom. The molecule has 2 rings (SSSR count). The lowest BCUT2D eigenvalue weighted by molar-refractivity contribution is -0.136. The molecule has 1 heterocycles. The van der Waals surface area contributed by atoms with Gasteiger partial charge in [0.25, 0.3) is 0 Å². The van der Waals surface area contributed by atoms with Gasteiger partial charge in [-0.25, -0.2) is 0 Å². The van der Waals surface area contributed by atoms with E-state index in [1.807, 2.05) is 0 Å². The van der Waals surface area contributed by atoms with Crippen LogP contribution in [0.5, 0.6) is 17.2 Å². The molecule has 1 aromatic carbocycles. The fourth-order valence-corrected chi connectivity index (χ4v) is 2.06. The average molecular weight is 266 g/mol. The number of ether oxygens (including phenoxy) is 2. The summed E-state index contributed by atoms with van der Waals surface area (Å²) in [6.45, 7) is 0. The lowest BCUT2D eigenvalue weighted by Gasteiger charge is -2.14. The van der Waals surface area contributed by atoms with Crippen LogP contribution in [0.3, 0.4) is 0 Å². The fourth-order valence-electron chi connectivity index (χ4n) is 2.06. The minimum absolute atomic E-state index is 0.115. The third-order valence-corrected chi connectivity index (χ3v) is 2.89. The van der Waals surface area contributed by atoms with E-state index in [9.17, 15) is 9.90 Å². The summed E-state index contributed by atoms with van der Waals surface area (Å²) in [4.78, 5) is 10.7. The highest BCUT2D eigenvalue weighted by Crippen LogP contribution is 2.45. The zero-order valence-corrected chi connectivity index (χ0v) is 10.6. The van der Waals surface area contributed by atoms with Crippen molar-refractivity contribution in [2.24, 2.45) is 0 Å². The van der Waals surface area contributed by atoms with Crippen LogP contribution in [-0.2, 0) is 11.2 Å². The minimum Gasteiger partial charge on any atom is -0.504 e. The van der Waals surface area contributed by atoms with E-state index in [0.29, 0.717) is 22.3 Å². The predicted octanol–water partition coefficient (Wildman–Crippen LogP) is 2.17. The Hall–Kier alpha value is -2.37. The van der Waals surface area contributed by atoms with E-state index in [1.165, 1.54) is 20.5 Å². The number of rotatable bonds is 5. The summed E-state index contributed by atoms with van der Waals surface area (Å²) in [5.74, 6) is -0.514. The second-order valence-electron chi connectivity index (χ2n) is 3.95. The van der Waals surface area contributed by atoms with Crippen molar-refractivity contribution in [3.8, 4) is 17.2 Å². The number of carbonyl (C=O) groups is 1. The summed E-state index contributed by atoms with van der Waals surface area (Å²) in [6.07, 6.45) is 1.48. The van der Waals surface area contributed by atoms with E-state index in [0.717, 1.165) is 0 Å². The summed E-state index contributed by atoms with van der Waals surface area (Å²) in [6, 6.07) is 1.68. The lowest BCUT2D eigenvalue weighted by Crippen LogP contribution is -2.01. The molecule has 6 heteroatoms. The van der Waals surface area contributed by atoms with E-state index in [-0.39, 0.29) is 24.3 Å². The van der Waals surface area contributed by atoms with Crippen LogP contribution in [0.25, 0.3) is 11.0 Å². The van der Waals surface area contributed by atoms with Gasteiger partial charge in [-0.15, -0.1) is 0 Å². The fraction of sp³-hybridized carbons (Fsp3) is 0.308. The van der Waals surface area contributed by atoms with Crippen molar-refractivity contribution in [2.75, 3.05) is 14.2 Å². The van der Waals surface area contributed by atoms with E-state index in [4.69, 9.17) is 19.0 Å².